The van der Waals surface area contributed by atoms with Crippen LogP contribution in [0.5, 0.6) is 5.75 Å². The molecule has 0 radical (unpaired) electrons. The number of benzene rings is 4. The molecule has 2 N–H and O–H groups in total. The summed E-state index contributed by atoms with van der Waals surface area (Å²) in [5.74, 6) is 0.808. The molecule has 186 valence electrons. The van der Waals surface area contributed by atoms with Gasteiger partial charge in [-0.05, 0) is 83.9 Å². The van der Waals surface area contributed by atoms with E-state index in [2.05, 4.69) is 15.8 Å². The van der Waals surface area contributed by atoms with Gasteiger partial charge in [0, 0.05) is 26.9 Å². The van der Waals surface area contributed by atoms with E-state index in [1.54, 1.807) is 54.4 Å². The van der Waals surface area contributed by atoms with Gasteiger partial charge in [0.2, 0.25) is 0 Å². The first kappa shape index (κ1) is 26.0. The number of hydrogen-bond donors (Lipinski definition) is 2. The summed E-state index contributed by atoms with van der Waals surface area (Å²) in [6.07, 6.45) is 1.54. The van der Waals surface area contributed by atoms with E-state index < -0.39 is 0 Å². The normalized spacial score (nSPS) is 10.7. The molecule has 4 rings (SSSR count). The molecular formula is C29H24ClN3O3S. The van der Waals surface area contributed by atoms with Crippen LogP contribution in [0.25, 0.3) is 0 Å². The molecule has 2 amide bonds. The average Bonchev–Trinajstić information content (AvgIpc) is 2.93. The summed E-state index contributed by atoms with van der Waals surface area (Å²) < 4.78 is 5.52. The standard InChI is InChI=1S/C29H24ClN3O3S/c30-24-12-16-27(17-13-24)37-20-22-6-10-23(11-7-22)29(35)33-31-18-21-8-14-26(15-9-21)36-19-28(34)32-25-4-2-1-3-5-25/h1-18H,19-20H2,(H,32,34)(H,33,35)/b31-18+. The maximum absolute atomic E-state index is 12.4. The van der Waals surface area contributed by atoms with E-state index >= 15 is 0 Å². The number of hydrogen-bond acceptors (Lipinski definition) is 5. The smallest absolute Gasteiger partial charge is 0.271 e. The van der Waals surface area contributed by atoms with E-state index in [0.717, 1.165) is 21.8 Å². The summed E-state index contributed by atoms with van der Waals surface area (Å²) in [5, 5.41) is 7.51. The lowest BCUT2D eigenvalue weighted by Gasteiger charge is -2.07. The van der Waals surface area contributed by atoms with Gasteiger partial charge in [-0.2, -0.15) is 5.10 Å². The minimum absolute atomic E-state index is 0.100. The third-order valence-electron chi connectivity index (χ3n) is 5.12. The van der Waals surface area contributed by atoms with E-state index in [1.165, 1.54) is 0 Å². The van der Waals surface area contributed by atoms with Gasteiger partial charge in [-0.1, -0.05) is 41.9 Å². The topological polar surface area (TPSA) is 79.8 Å². The van der Waals surface area contributed by atoms with Crippen molar-refractivity contribution in [2.45, 2.75) is 10.6 Å². The molecule has 0 fully saturated rings. The second-order valence-electron chi connectivity index (χ2n) is 7.91. The zero-order valence-electron chi connectivity index (χ0n) is 19.8. The van der Waals surface area contributed by atoms with Crippen molar-refractivity contribution >= 4 is 47.1 Å². The molecule has 4 aromatic carbocycles. The van der Waals surface area contributed by atoms with E-state index in [-0.39, 0.29) is 18.4 Å². The molecule has 0 unspecified atom stereocenters. The lowest BCUT2D eigenvalue weighted by atomic mass is 10.1. The number of nitrogens with one attached hydrogen (secondary N) is 2. The monoisotopic (exact) mass is 529 g/mol. The molecule has 0 saturated carbocycles. The lowest BCUT2D eigenvalue weighted by Crippen LogP contribution is -2.20. The highest BCUT2D eigenvalue weighted by molar-refractivity contribution is 7.98. The number of rotatable bonds is 10. The average molecular weight is 530 g/mol. The maximum Gasteiger partial charge on any atom is 0.271 e. The van der Waals surface area contributed by atoms with Crippen LogP contribution in [0.3, 0.4) is 0 Å². The second-order valence-corrected chi connectivity index (χ2v) is 9.40. The van der Waals surface area contributed by atoms with Crippen LogP contribution in [-0.2, 0) is 10.5 Å². The number of nitrogens with zero attached hydrogens (tertiary/aromatic N) is 1. The molecule has 0 aliphatic carbocycles. The molecule has 0 aromatic heterocycles. The number of para-hydroxylation sites is 1. The highest BCUT2D eigenvalue weighted by Gasteiger charge is 2.06. The van der Waals surface area contributed by atoms with Gasteiger partial charge in [-0.25, -0.2) is 5.43 Å². The Morgan fingerprint density at radius 3 is 2.27 bits per heavy atom. The van der Waals surface area contributed by atoms with Crippen molar-refractivity contribution in [3.8, 4) is 5.75 Å². The summed E-state index contributed by atoms with van der Waals surface area (Å²) in [7, 11) is 0. The molecule has 6 nitrogen and oxygen atoms in total. The zero-order valence-corrected chi connectivity index (χ0v) is 21.3. The molecule has 8 heteroatoms. The van der Waals surface area contributed by atoms with Gasteiger partial charge < -0.3 is 10.1 Å². The van der Waals surface area contributed by atoms with E-state index in [1.807, 2.05) is 66.7 Å². The Bertz CT molecular complexity index is 1340. The fourth-order valence-electron chi connectivity index (χ4n) is 3.20. The number of carbonyl (C=O) groups is 2. The Morgan fingerprint density at radius 1 is 0.865 bits per heavy atom. The van der Waals surface area contributed by atoms with Crippen molar-refractivity contribution in [1.29, 1.82) is 0 Å². The Labute approximate surface area is 224 Å². The number of amides is 2. The minimum atomic E-state index is -0.294. The van der Waals surface area contributed by atoms with Crippen molar-refractivity contribution in [2.24, 2.45) is 5.10 Å². The highest BCUT2D eigenvalue weighted by atomic mass is 35.5. The molecule has 0 aliphatic rings. The molecule has 4 aromatic rings. The van der Waals surface area contributed by atoms with Crippen molar-refractivity contribution in [2.75, 3.05) is 11.9 Å². The van der Waals surface area contributed by atoms with Gasteiger partial charge in [0.05, 0.1) is 6.21 Å². The molecule has 37 heavy (non-hydrogen) atoms. The van der Waals surface area contributed by atoms with Crippen molar-refractivity contribution < 1.29 is 14.3 Å². The van der Waals surface area contributed by atoms with Crippen LogP contribution in [-0.4, -0.2) is 24.6 Å². The van der Waals surface area contributed by atoms with Gasteiger partial charge in [0.25, 0.3) is 11.8 Å². The lowest BCUT2D eigenvalue weighted by molar-refractivity contribution is -0.118. The summed E-state index contributed by atoms with van der Waals surface area (Å²) in [4.78, 5) is 25.5. The first-order valence-electron chi connectivity index (χ1n) is 11.4. The molecule has 0 saturated heterocycles. The van der Waals surface area contributed by atoms with E-state index in [4.69, 9.17) is 16.3 Å². The highest BCUT2D eigenvalue weighted by Crippen LogP contribution is 2.24. The van der Waals surface area contributed by atoms with Crippen LogP contribution >= 0.6 is 23.4 Å². The molecule has 0 atom stereocenters. The minimum Gasteiger partial charge on any atom is -0.484 e. The molecule has 0 aliphatic heterocycles. The van der Waals surface area contributed by atoms with E-state index in [0.29, 0.717) is 22.0 Å². The van der Waals surface area contributed by atoms with Gasteiger partial charge in [-0.15, -0.1) is 11.8 Å². The SMILES string of the molecule is O=C(COc1ccc(/C=N/NC(=O)c2ccc(CSc3ccc(Cl)cc3)cc2)cc1)Nc1ccccc1. The maximum atomic E-state index is 12.4. The summed E-state index contributed by atoms with van der Waals surface area (Å²) in [6, 6.07) is 31.4. The summed E-state index contributed by atoms with van der Waals surface area (Å²) in [5.41, 5.74) is 5.66. The Hall–Kier alpha value is -4.07. The Morgan fingerprint density at radius 2 is 1.57 bits per heavy atom. The second kappa shape index (κ2) is 13.3. The van der Waals surface area contributed by atoms with Gasteiger partial charge >= 0.3 is 0 Å². The largest absolute Gasteiger partial charge is 0.484 e. The first-order chi connectivity index (χ1) is 18.0. The number of ether oxygens (including phenoxy) is 1. The third-order valence-corrected chi connectivity index (χ3v) is 6.46. The third kappa shape index (κ3) is 8.52. The van der Waals surface area contributed by atoms with Crippen LogP contribution in [0.1, 0.15) is 21.5 Å². The Kier molecular flexibility index (Phi) is 9.35. The first-order valence-corrected chi connectivity index (χ1v) is 12.8. The summed E-state index contributed by atoms with van der Waals surface area (Å²) >= 11 is 7.62. The number of carbonyl (C=O) groups excluding carboxylic acids is 2. The van der Waals surface area contributed by atoms with Gasteiger partial charge in [0.15, 0.2) is 6.61 Å². The van der Waals surface area contributed by atoms with Crippen LogP contribution in [0.2, 0.25) is 5.02 Å². The number of anilines is 1. The van der Waals surface area contributed by atoms with Crippen LogP contribution < -0.4 is 15.5 Å². The van der Waals surface area contributed by atoms with Gasteiger partial charge in [0.1, 0.15) is 5.75 Å². The number of thioether (sulfide) groups is 1. The fraction of sp³-hybridized carbons (Fsp3) is 0.0690. The van der Waals surface area contributed by atoms with Gasteiger partial charge in [-0.3, -0.25) is 9.59 Å². The van der Waals surface area contributed by atoms with Crippen molar-refractivity contribution in [1.82, 2.24) is 5.43 Å². The predicted octanol–water partition coefficient (Wildman–Crippen LogP) is 6.41. The zero-order chi connectivity index (χ0) is 25.9. The quantitative estimate of drug-likeness (QED) is 0.141. The molecule has 0 heterocycles. The number of halogens is 1. The fourth-order valence-corrected chi connectivity index (χ4v) is 4.18. The summed E-state index contributed by atoms with van der Waals surface area (Å²) in [6.45, 7) is -0.100. The van der Waals surface area contributed by atoms with Crippen LogP contribution in [0.4, 0.5) is 5.69 Å². The van der Waals surface area contributed by atoms with Crippen LogP contribution in [0.15, 0.2) is 113 Å². The molecular weight excluding hydrogens is 506 g/mol. The van der Waals surface area contributed by atoms with Crippen LogP contribution in [0, 0.1) is 0 Å². The van der Waals surface area contributed by atoms with E-state index in [9.17, 15) is 9.59 Å². The molecule has 0 bridgehead atoms. The van der Waals surface area contributed by atoms with Crippen molar-refractivity contribution in [3.63, 3.8) is 0 Å². The number of hydrazone groups is 1. The Balaban J connectivity index is 1.20. The van der Waals surface area contributed by atoms with Crippen molar-refractivity contribution in [3.05, 3.63) is 125 Å². The molecule has 0 spiro atoms. The predicted molar refractivity (Wildman–Crippen MR) is 150 cm³/mol.